The van der Waals surface area contributed by atoms with Crippen molar-refractivity contribution in [1.29, 1.82) is 0 Å². The first-order valence-corrected chi connectivity index (χ1v) is 8.37. The molecule has 2 aromatic carbocycles. The van der Waals surface area contributed by atoms with E-state index in [0.29, 0.717) is 30.6 Å². The summed E-state index contributed by atoms with van der Waals surface area (Å²) in [6.07, 6.45) is 0. The molecule has 140 valence electrons. The Hall–Kier alpha value is -3.26. The molecule has 7 nitrogen and oxygen atoms in total. The smallest absolute Gasteiger partial charge is 0.232 e. The summed E-state index contributed by atoms with van der Waals surface area (Å²) in [7, 11) is 3.49. The number of para-hydroxylation sites is 2. The molecule has 0 bridgehead atoms. The van der Waals surface area contributed by atoms with Gasteiger partial charge in [0.1, 0.15) is 17.4 Å². The quantitative estimate of drug-likeness (QED) is 0.663. The third kappa shape index (κ3) is 5.11. The van der Waals surface area contributed by atoms with Crippen LogP contribution >= 0.6 is 0 Å². The van der Waals surface area contributed by atoms with Crippen molar-refractivity contribution in [1.82, 2.24) is 19.9 Å². The van der Waals surface area contributed by atoms with Crippen LogP contribution in [0.3, 0.4) is 0 Å². The first-order valence-electron chi connectivity index (χ1n) is 8.37. The third-order valence-corrected chi connectivity index (χ3v) is 3.81. The van der Waals surface area contributed by atoms with E-state index in [0.717, 1.165) is 11.3 Å². The number of rotatable bonds is 7. The molecule has 0 amide bonds. The van der Waals surface area contributed by atoms with Gasteiger partial charge in [-0.05, 0) is 36.9 Å². The van der Waals surface area contributed by atoms with Crippen LogP contribution in [0, 0.1) is 5.82 Å². The number of aromatic nitrogens is 3. The Morgan fingerprint density at radius 3 is 2.67 bits per heavy atom. The maximum atomic E-state index is 13.3. The van der Waals surface area contributed by atoms with Crippen LogP contribution in [0.2, 0.25) is 0 Å². The van der Waals surface area contributed by atoms with Crippen LogP contribution in [0.15, 0.2) is 48.5 Å². The zero-order valence-corrected chi connectivity index (χ0v) is 15.2. The number of benzene rings is 2. The normalized spacial score (nSPS) is 10.8. The lowest BCUT2D eigenvalue weighted by atomic mass is 10.2. The molecule has 27 heavy (non-hydrogen) atoms. The van der Waals surface area contributed by atoms with E-state index >= 15 is 0 Å². The summed E-state index contributed by atoms with van der Waals surface area (Å²) in [6, 6.07) is 13.9. The summed E-state index contributed by atoms with van der Waals surface area (Å²) < 4.78 is 18.6. The molecular weight excluding hydrogens is 347 g/mol. The fourth-order valence-corrected chi connectivity index (χ4v) is 2.68. The SMILES string of the molecule is COc1ccccc1Nc1nc(N)nc(CN(C)Cc2cccc(F)c2)n1. The molecule has 8 heteroatoms. The molecule has 0 atom stereocenters. The number of hydrogen-bond donors (Lipinski definition) is 2. The second-order valence-electron chi connectivity index (χ2n) is 6.06. The number of anilines is 3. The number of halogens is 1. The van der Waals surface area contributed by atoms with Gasteiger partial charge >= 0.3 is 0 Å². The Morgan fingerprint density at radius 2 is 1.89 bits per heavy atom. The van der Waals surface area contributed by atoms with Gasteiger partial charge in [-0.2, -0.15) is 15.0 Å². The first-order chi connectivity index (χ1) is 13.0. The fourth-order valence-electron chi connectivity index (χ4n) is 2.68. The Bertz CT molecular complexity index is 920. The minimum Gasteiger partial charge on any atom is -0.495 e. The minimum atomic E-state index is -0.256. The Morgan fingerprint density at radius 1 is 1.07 bits per heavy atom. The highest BCUT2D eigenvalue weighted by molar-refractivity contribution is 5.62. The van der Waals surface area contributed by atoms with Crippen molar-refractivity contribution in [3.8, 4) is 5.75 Å². The molecule has 0 saturated heterocycles. The van der Waals surface area contributed by atoms with Gasteiger partial charge in [0.05, 0.1) is 19.3 Å². The van der Waals surface area contributed by atoms with Crippen molar-refractivity contribution in [2.24, 2.45) is 0 Å². The molecule has 3 rings (SSSR count). The topological polar surface area (TPSA) is 89.2 Å². The lowest BCUT2D eigenvalue weighted by Crippen LogP contribution is -2.20. The summed E-state index contributed by atoms with van der Waals surface area (Å²) in [6.45, 7) is 0.989. The maximum absolute atomic E-state index is 13.3. The molecule has 0 fully saturated rings. The summed E-state index contributed by atoms with van der Waals surface area (Å²) >= 11 is 0. The van der Waals surface area contributed by atoms with Gasteiger partial charge in [-0.3, -0.25) is 4.90 Å². The van der Waals surface area contributed by atoms with Crippen molar-refractivity contribution in [3.63, 3.8) is 0 Å². The number of nitrogen functional groups attached to an aromatic ring is 1. The van der Waals surface area contributed by atoms with Crippen molar-refractivity contribution < 1.29 is 9.13 Å². The van der Waals surface area contributed by atoms with E-state index in [1.165, 1.54) is 12.1 Å². The van der Waals surface area contributed by atoms with E-state index in [9.17, 15) is 4.39 Å². The third-order valence-electron chi connectivity index (χ3n) is 3.81. The molecule has 3 N–H and O–H groups in total. The highest BCUT2D eigenvalue weighted by atomic mass is 19.1. The van der Waals surface area contributed by atoms with Gasteiger partial charge in [-0.15, -0.1) is 0 Å². The lowest BCUT2D eigenvalue weighted by Gasteiger charge is -2.16. The van der Waals surface area contributed by atoms with Crippen LogP contribution in [0.5, 0.6) is 5.75 Å². The van der Waals surface area contributed by atoms with E-state index in [2.05, 4.69) is 20.3 Å². The largest absolute Gasteiger partial charge is 0.495 e. The molecule has 0 saturated carbocycles. The number of nitrogens with zero attached hydrogens (tertiary/aromatic N) is 4. The number of hydrogen-bond acceptors (Lipinski definition) is 7. The first kappa shape index (κ1) is 18.5. The second kappa shape index (κ2) is 8.41. The lowest BCUT2D eigenvalue weighted by molar-refractivity contribution is 0.310. The number of nitrogens with one attached hydrogen (secondary N) is 1. The van der Waals surface area contributed by atoms with Crippen molar-refractivity contribution in [2.75, 3.05) is 25.2 Å². The van der Waals surface area contributed by atoms with Gasteiger partial charge < -0.3 is 15.8 Å². The van der Waals surface area contributed by atoms with Crippen LogP contribution in [-0.2, 0) is 13.1 Å². The Kier molecular flexibility index (Phi) is 5.77. The minimum absolute atomic E-state index is 0.122. The Balaban J connectivity index is 1.73. The van der Waals surface area contributed by atoms with Gasteiger partial charge in [-0.25, -0.2) is 4.39 Å². The molecule has 0 aliphatic carbocycles. The average molecular weight is 368 g/mol. The molecular formula is C19H21FN6O. The predicted molar refractivity (Wildman–Crippen MR) is 102 cm³/mol. The van der Waals surface area contributed by atoms with Crippen LogP contribution < -0.4 is 15.8 Å². The van der Waals surface area contributed by atoms with E-state index in [-0.39, 0.29) is 11.8 Å². The van der Waals surface area contributed by atoms with Crippen molar-refractivity contribution in [2.45, 2.75) is 13.1 Å². The highest BCUT2D eigenvalue weighted by Crippen LogP contribution is 2.25. The van der Waals surface area contributed by atoms with Crippen molar-refractivity contribution in [3.05, 3.63) is 65.7 Å². The van der Waals surface area contributed by atoms with Crippen molar-refractivity contribution >= 4 is 17.6 Å². The van der Waals surface area contributed by atoms with E-state index in [1.807, 2.05) is 42.3 Å². The number of nitrogens with two attached hydrogens (primary N) is 1. The molecule has 0 unspecified atom stereocenters. The zero-order chi connectivity index (χ0) is 19.2. The maximum Gasteiger partial charge on any atom is 0.232 e. The van der Waals surface area contributed by atoms with E-state index < -0.39 is 0 Å². The van der Waals surface area contributed by atoms with E-state index in [1.54, 1.807) is 13.2 Å². The Labute approximate surface area is 157 Å². The van der Waals surface area contributed by atoms with Crippen LogP contribution in [0.1, 0.15) is 11.4 Å². The summed E-state index contributed by atoms with van der Waals surface area (Å²) in [5.41, 5.74) is 7.42. The van der Waals surface area contributed by atoms with Crippen LogP contribution in [0.25, 0.3) is 0 Å². The molecule has 0 aliphatic heterocycles. The van der Waals surface area contributed by atoms with Gasteiger partial charge in [-0.1, -0.05) is 24.3 Å². The van der Waals surface area contributed by atoms with Gasteiger partial charge in [0.15, 0.2) is 0 Å². The standard InChI is InChI=1S/C19H21FN6O/c1-26(11-13-6-5-7-14(20)10-13)12-17-23-18(21)25-19(24-17)22-15-8-3-4-9-16(15)27-2/h3-10H,11-12H2,1-2H3,(H3,21,22,23,24,25). The molecule has 1 aromatic heterocycles. The summed E-state index contributed by atoms with van der Waals surface area (Å²) in [4.78, 5) is 14.7. The van der Waals surface area contributed by atoms with Gasteiger partial charge in [0.2, 0.25) is 11.9 Å². The van der Waals surface area contributed by atoms with Crippen LogP contribution in [0.4, 0.5) is 22.0 Å². The molecule has 0 radical (unpaired) electrons. The molecule has 0 spiro atoms. The van der Waals surface area contributed by atoms with Gasteiger partial charge in [0.25, 0.3) is 0 Å². The zero-order valence-electron chi connectivity index (χ0n) is 15.2. The number of methoxy groups -OCH3 is 1. The summed E-state index contributed by atoms with van der Waals surface area (Å²) in [5, 5.41) is 3.10. The van der Waals surface area contributed by atoms with E-state index in [4.69, 9.17) is 10.5 Å². The summed E-state index contributed by atoms with van der Waals surface area (Å²) in [5.74, 6) is 1.38. The number of ether oxygens (including phenoxy) is 1. The molecule has 3 aromatic rings. The van der Waals surface area contributed by atoms with Crippen LogP contribution in [-0.4, -0.2) is 34.0 Å². The highest BCUT2D eigenvalue weighted by Gasteiger charge is 2.10. The average Bonchev–Trinajstić information content (AvgIpc) is 2.61. The second-order valence-corrected chi connectivity index (χ2v) is 6.06. The molecule has 1 heterocycles. The monoisotopic (exact) mass is 368 g/mol. The predicted octanol–water partition coefficient (Wildman–Crippen LogP) is 2.98. The van der Waals surface area contributed by atoms with Gasteiger partial charge in [0, 0.05) is 6.54 Å². The molecule has 0 aliphatic rings. The fraction of sp³-hybridized carbons (Fsp3) is 0.211.